The van der Waals surface area contributed by atoms with Gasteiger partial charge in [0.25, 0.3) is 0 Å². The molecule has 6 heteroatoms. The highest BCUT2D eigenvalue weighted by molar-refractivity contribution is 7.88. The van der Waals surface area contributed by atoms with Crippen LogP contribution in [0.1, 0.15) is 18.1 Å². The highest BCUT2D eigenvalue weighted by Crippen LogP contribution is 2.18. The molecule has 0 amide bonds. The molecule has 0 saturated carbocycles. The number of hydrogen-bond donors (Lipinski definition) is 1. The predicted molar refractivity (Wildman–Crippen MR) is 81.9 cm³/mol. The lowest BCUT2D eigenvalue weighted by molar-refractivity contribution is 0.138. The van der Waals surface area contributed by atoms with Crippen LogP contribution in [0.4, 0.5) is 5.69 Å². The van der Waals surface area contributed by atoms with Crippen LogP contribution >= 0.6 is 0 Å². The van der Waals surface area contributed by atoms with E-state index in [0.717, 1.165) is 25.3 Å². The van der Waals surface area contributed by atoms with Crippen molar-refractivity contribution in [3.8, 4) is 0 Å². The van der Waals surface area contributed by atoms with Crippen LogP contribution in [0.25, 0.3) is 0 Å². The number of anilines is 1. The molecule has 5 nitrogen and oxygen atoms in total. The Morgan fingerprint density at radius 1 is 1.35 bits per heavy atom. The minimum absolute atomic E-state index is 0.0211. The largest absolute Gasteiger partial charge is 0.399 e. The van der Waals surface area contributed by atoms with E-state index in [-0.39, 0.29) is 6.04 Å². The summed E-state index contributed by atoms with van der Waals surface area (Å²) in [5.74, 6) is 0. The van der Waals surface area contributed by atoms with E-state index >= 15 is 0 Å². The summed E-state index contributed by atoms with van der Waals surface area (Å²) in [5.41, 5.74) is 8.97. The zero-order chi connectivity index (χ0) is 14.9. The molecule has 1 saturated heterocycles. The Kier molecular flexibility index (Phi) is 4.36. The van der Waals surface area contributed by atoms with Gasteiger partial charge in [0.1, 0.15) is 0 Å². The van der Waals surface area contributed by atoms with E-state index in [1.807, 2.05) is 19.1 Å². The van der Waals surface area contributed by atoms with E-state index in [4.69, 9.17) is 5.73 Å². The SMILES string of the molecule is Cc1cc(N)ccc1CN1CCN(S(C)(=O)=O)C(C)C1. The normalized spacial score (nSPS) is 22.1. The van der Waals surface area contributed by atoms with Crippen molar-refractivity contribution in [3.05, 3.63) is 29.3 Å². The van der Waals surface area contributed by atoms with Crippen LogP contribution in [-0.2, 0) is 16.6 Å². The minimum atomic E-state index is -3.09. The smallest absolute Gasteiger partial charge is 0.211 e. The zero-order valence-electron chi connectivity index (χ0n) is 12.3. The van der Waals surface area contributed by atoms with Gasteiger partial charge in [0.2, 0.25) is 10.0 Å². The van der Waals surface area contributed by atoms with Crippen LogP contribution in [0.15, 0.2) is 18.2 Å². The molecule has 20 heavy (non-hydrogen) atoms. The van der Waals surface area contributed by atoms with Gasteiger partial charge in [0.05, 0.1) is 6.26 Å². The average Bonchev–Trinajstić information content (AvgIpc) is 2.31. The van der Waals surface area contributed by atoms with Crippen LogP contribution < -0.4 is 5.73 Å². The van der Waals surface area contributed by atoms with E-state index in [9.17, 15) is 8.42 Å². The molecule has 0 radical (unpaired) electrons. The second-order valence-corrected chi connectivity index (χ2v) is 7.58. The molecule has 1 aliphatic rings. The van der Waals surface area contributed by atoms with Crippen molar-refractivity contribution in [1.29, 1.82) is 0 Å². The first-order chi connectivity index (χ1) is 9.27. The molecule has 0 aromatic heterocycles. The zero-order valence-corrected chi connectivity index (χ0v) is 13.2. The third-order valence-corrected chi connectivity index (χ3v) is 5.23. The van der Waals surface area contributed by atoms with Gasteiger partial charge in [-0.3, -0.25) is 4.90 Å². The molecule has 2 rings (SSSR count). The first-order valence-electron chi connectivity index (χ1n) is 6.81. The molecule has 1 atom stereocenters. The average molecular weight is 297 g/mol. The van der Waals surface area contributed by atoms with E-state index in [1.165, 1.54) is 17.4 Å². The molecule has 1 unspecified atom stereocenters. The highest BCUT2D eigenvalue weighted by atomic mass is 32.2. The fraction of sp³-hybridized carbons (Fsp3) is 0.571. The minimum Gasteiger partial charge on any atom is -0.399 e. The van der Waals surface area contributed by atoms with Gasteiger partial charge in [0.15, 0.2) is 0 Å². The number of benzene rings is 1. The summed E-state index contributed by atoms with van der Waals surface area (Å²) in [6, 6.07) is 5.97. The summed E-state index contributed by atoms with van der Waals surface area (Å²) in [6.45, 7) is 6.95. The maximum Gasteiger partial charge on any atom is 0.211 e. The maximum atomic E-state index is 11.6. The maximum absolute atomic E-state index is 11.6. The Morgan fingerprint density at radius 3 is 2.60 bits per heavy atom. The van der Waals surface area contributed by atoms with Crippen molar-refractivity contribution in [1.82, 2.24) is 9.21 Å². The van der Waals surface area contributed by atoms with Gasteiger partial charge < -0.3 is 5.73 Å². The number of sulfonamides is 1. The van der Waals surface area contributed by atoms with Crippen molar-refractivity contribution in [2.75, 3.05) is 31.6 Å². The van der Waals surface area contributed by atoms with Gasteiger partial charge in [-0.15, -0.1) is 0 Å². The van der Waals surface area contributed by atoms with Gasteiger partial charge in [-0.05, 0) is 37.1 Å². The molecule has 1 aromatic rings. The summed E-state index contributed by atoms with van der Waals surface area (Å²) in [5, 5.41) is 0. The van der Waals surface area contributed by atoms with Gasteiger partial charge >= 0.3 is 0 Å². The summed E-state index contributed by atoms with van der Waals surface area (Å²) < 4.78 is 24.9. The van der Waals surface area contributed by atoms with Crippen LogP contribution in [0.3, 0.4) is 0 Å². The van der Waals surface area contributed by atoms with Crippen molar-refractivity contribution < 1.29 is 8.42 Å². The Labute approximate surface area is 121 Å². The first kappa shape index (κ1) is 15.3. The summed E-state index contributed by atoms with van der Waals surface area (Å²) >= 11 is 0. The number of nitrogens with zero attached hydrogens (tertiary/aromatic N) is 2. The lowest BCUT2D eigenvalue weighted by atomic mass is 10.1. The van der Waals surface area contributed by atoms with Gasteiger partial charge in [-0.25, -0.2) is 8.42 Å². The summed E-state index contributed by atoms with van der Waals surface area (Å²) in [6.07, 6.45) is 1.28. The standard InChI is InChI=1S/C14H23N3O2S/c1-11-8-14(15)5-4-13(11)10-16-6-7-17(12(2)9-16)20(3,18)19/h4-5,8,12H,6-7,9-10,15H2,1-3H3. The lowest BCUT2D eigenvalue weighted by Crippen LogP contribution is -2.53. The molecule has 1 aliphatic heterocycles. The Hall–Kier alpha value is -1.11. The summed E-state index contributed by atoms with van der Waals surface area (Å²) in [4.78, 5) is 2.30. The fourth-order valence-corrected chi connectivity index (χ4v) is 3.92. The van der Waals surface area contributed by atoms with Crippen LogP contribution in [0, 0.1) is 6.92 Å². The number of hydrogen-bond acceptors (Lipinski definition) is 4. The Bertz CT molecular complexity index is 586. The number of aryl methyl sites for hydroxylation is 1. The van der Waals surface area contributed by atoms with E-state index in [0.29, 0.717) is 6.54 Å². The topological polar surface area (TPSA) is 66.6 Å². The fourth-order valence-electron chi connectivity index (χ4n) is 2.79. The molecule has 1 aromatic carbocycles. The van der Waals surface area contributed by atoms with Gasteiger partial charge in [0, 0.05) is 37.9 Å². The van der Waals surface area contributed by atoms with E-state index < -0.39 is 10.0 Å². The van der Waals surface area contributed by atoms with E-state index in [2.05, 4.69) is 17.9 Å². The predicted octanol–water partition coefficient (Wildman–Crippen LogP) is 1.04. The second-order valence-electron chi connectivity index (χ2n) is 5.64. The highest BCUT2D eigenvalue weighted by Gasteiger charge is 2.29. The van der Waals surface area contributed by atoms with Crippen LogP contribution in [-0.4, -0.2) is 49.6 Å². The molecule has 0 aliphatic carbocycles. The number of rotatable bonds is 3. The molecule has 2 N–H and O–H groups in total. The van der Waals surface area contributed by atoms with Crippen molar-refractivity contribution in [2.24, 2.45) is 0 Å². The molecule has 1 fully saturated rings. The van der Waals surface area contributed by atoms with Gasteiger partial charge in [-0.1, -0.05) is 6.07 Å². The third-order valence-electron chi connectivity index (χ3n) is 3.84. The Morgan fingerprint density at radius 2 is 2.05 bits per heavy atom. The summed E-state index contributed by atoms with van der Waals surface area (Å²) in [7, 11) is -3.09. The van der Waals surface area contributed by atoms with E-state index in [1.54, 1.807) is 4.31 Å². The lowest BCUT2D eigenvalue weighted by Gasteiger charge is -2.38. The second kappa shape index (κ2) is 5.71. The number of nitrogen functional groups attached to an aromatic ring is 1. The Balaban J connectivity index is 2.03. The van der Waals surface area contributed by atoms with Crippen LogP contribution in [0.5, 0.6) is 0 Å². The molecule has 1 heterocycles. The monoisotopic (exact) mass is 297 g/mol. The van der Waals surface area contributed by atoms with Gasteiger partial charge in [-0.2, -0.15) is 4.31 Å². The molecule has 112 valence electrons. The number of nitrogens with two attached hydrogens (primary N) is 1. The third kappa shape index (κ3) is 3.50. The molecule has 0 spiro atoms. The van der Waals surface area contributed by atoms with Crippen molar-refractivity contribution in [2.45, 2.75) is 26.4 Å². The molecule has 0 bridgehead atoms. The first-order valence-corrected chi connectivity index (χ1v) is 8.66. The number of piperazine rings is 1. The molecular weight excluding hydrogens is 274 g/mol. The quantitative estimate of drug-likeness (QED) is 0.847. The van der Waals surface area contributed by atoms with Crippen molar-refractivity contribution >= 4 is 15.7 Å². The van der Waals surface area contributed by atoms with Crippen molar-refractivity contribution in [3.63, 3.8) is 0 Å². The molecular formula is C14H23N3O2S. The van der Waals surface area contributed by atoms with Crippen LogP contribution in [0.2, 0.25) is 0 Å².